The van der Waals surface area contributed by atoms with E-state index in [9.17, 15) is 9.59 Å². The van der Waals surface area contributed by atoms with Gasteiger partial charge < -0.3 is 11.5 Å². The molecular formula is C9H16N8O2. The quantitative estimate of drug-likeness (QED) is 0.262. The summed E-state index contributed by atoms with van der Waals surface area (Å²) in [4.78, 5) is 26.8. The lowest BCUT2D eigenvalue weighted by Gasteiger charge is -2.08. The molecule has 0 aliphatic heterocycles. The molecule has 0 aromatic carbocycles. The summed E-state index contributed by atoms with van der Waals surface area (Å²) in [6.45, 7) is 0. The van der Waals surface area contributed by atoms with Crippen LogP contribution in [0.3, 0.4) is 0 Å². The second-order valence-corrected chi connectivity index (χ2v) is 3.88. The van der Waals surface area contributed by atoms with E-state index in [4.69, 9.17) is 22.5 Å². The van der Waals surface area contributed by atoms with Crippen LogP contribution in [0.25, 0.3) is 20.9 Å². The Morgan fingerprint density at radius 3 is 1.53 bits per heavy atom. The molecule has 0 bridgehead atoms. The van der Waals surface area contributed by atoms with E-state index in [0.717, 1.165) is 0 Å². The van der Waals surface area contributed by atoms with E-state index in [1.165, 1.54) is 0 Å². The molecule has 0 rings (SSSR count). The predicted octanol–water partition coefficient (Wildman–Crippen LogP) is 1.27. The molecule has 0 aliphatic rings. The molecule has 104 valence electrons. The van der Waals surface area contributed by atoms with Gasteiger partial charge in [0.05, 0.1) is 0 Å². The van der Waals surface area contributed by atoms with Crippen molar-refractivity contribution in [1.29, 1.82) is 0 Å². The highest BCUT2D eigenvalue weighted by Gasteiger charge is 2.14. The Labute approximate surface area is 109 Å². The smallest absolute Gasteiger partial charge is 0.226 e. The summed E-state index contributed by atoms with van der Waals surface area (Å²) in [5.74, 6) is -1.33. The number of carbonyl (C=O) groups is 2. The van der Waals surface area contributed by atoms with Gasteiger partial charge in [0.25, 0.3) is 0 Å². The Bertz CT molecular complexity index is 368. The highest BCUT2D eigenvalue weighted by atomic mass is 16.1. The van der Waals surface area contributed by atoms with E-state index in [1.807, 2.05) is 0 Å². The molecule has 0 fully saturated rings. The molecule has 0 aromatic rings. The van der Waals surface area contributed by atoms with Gasteiger partial charge >= 0.3 is 0 Å². The topological polar surface area (TPSA) is 184 Å². The maximum Gasteiger partial charge on any atom is 0.226 e. The molecule has 2 atom stereocenters. The predicted molar refractivity (Wildman–Crippen MR) is 67.3 cm³/mol. The molecule has 2 amide bonds. The van der Waals surface area contributed by atoms with Crippen molar-refractivity contribution in [1.82, 2.24) is 0 Å². The van der Waals surface area contributed by atoms with Crippen molar-refractivity contribution in [3.05, 3.63) is 20.9 Å². The van der Waals surface area contributed by atoms with Crippen molar-refractivity contribution in [2.75, 3.05) is 0 Å². The van der Waals surface area contributed by atoms with Crippen LogP contribution in [-0.4, -0.2) is 23.9 Å². The van der Waals surface area contributed by atoms with Crippen LogP contribution in [0.2, 0.25) is 0 Å². The van der Waals surface area contributed by atoms with E-state index in [2.05, 4.69) is 20.1 Å². The van der Waals surface area contributed by atoms with Gasteiger partial charge in [0.15, 0.2) is 0 Å². The minimum Gasteiger partial charge on any atom is -0.369 e. The number of unbranched alkanes of at least 4 members (excludes halogenated alkanes) is 2. The second-order valence-electron chi connectivity index (χ2n) is 3.88. The van der Waals surface area contributed by atoms with Crippen molar-refractivity contribution in [2.45, 2.75) is 44.2 Å². The lowest BCUT2D eigenvalue weighted by molar-refractivity contribution is -0.120. The van der Waals surface area contributed by atoms with E-state index in [1.54, 1.807) is 0 Å². The maximum atomic E-state index is 10.9. The van der Waals surface area contributed by atoms with Gasteiger partial charge in [0.1, 0.15) is 12.1 Å². The number of azide groups is 2. The van der Waals surface area contributed by atoms with Crippen molar-refractivity contribution < 1.29 is 9.59 Å². The molecule has 4 N–H and O–H groups in total. The van der Waals surface area contributed by atoms with Crippen LogP contribution in [0, 0.1) is 0 Å². The number of amides is 2. The third kappa shape index (κ3) is 7.48. The molecule has 19 heavy (non-hydrogen) atoms. The van der Waals surface area contributed by atoms with Gasteiger partial charge in [-0.15, -0.1) is 0 Å². The molecule has 2 unspecified atom stereocenters. The fourth-order valence-corrected chi connectivity index (χ4v) is 1.49. The monoisotopic (exact) mass is 268 g/mol. The van der Waals surface area contributed by atoms with Gasteiger partial charge in [-0.1, -0.05) is 29.5 Å². The minimum absolute atomic E-state index is 0.349. The molecule has 0 radical (unpaired) electrons. The average Bonchev–Trinajstić information content (AvgIpc) is 2.35. The minimum atomic E-state index is -0.853. The maximum absolute atomic E-state index is 10.9. The molecule has 0 saturated heterocycles. The first-order valence-corrected chi connectivity index (χ1v) is 5.70. The summed E-state index contributed by atoms with van der Waals surface area (Å²) in [7, 11) is 0. The zero-order valence-electron chi connectivity index (χ0n) is 10.3. The van der Waals surface area contributed by atoms with Crippen LogP contribution < -0.4 is 11.5 Å². The summed E-state index contributed by atoms with van der Waals surface area (Å²) in [6, 6.07) is -1.71. The number of rotatable bonds is 10. The summed E-state index contributed by atoms with van der Waals surface area (Å²) in [5.41, 5.74) is 26.6. The highest BCUT2D eigenvalue weighted by molar-refractivity contribution is 5.80. The van der Waals surface area contributed by atoms with E-state index in [0.29, 0.717) is 32.1 Å². The SMILES string of the molecule is [N-]=[N+]=NC(CCCCCC(N=[N+]=[N-])C(N)=O)C(N)=O. The Hall–Kier alpha value is -2.44. The Balaban J connectivity index is 3.97. The summed E-state index contributed by atoms with van der Waals surface area (Å²) in [5, 5.41) is 6.56. The van der Waals surface area contributed by atoms with Crippen molar-refractivity contribution in [3.8, 4) is 0 Å². The summed E-state index contributed by atoms with van der Waals surface area (Å²) < 4.78 is 0. The number of nitrogens with two attached hydrogens (primary N) is 2. The average molecular weight is 268 g/mol. The first kappa shape index (κ1) is 16.6. The summed E-state index contributed by atoms with van der Waals surface area (Å²) in [6.07, 6.45) is 2.59. The third-order valence-electron chi connectivity index (χ3n) is 2.49. The summed E-state index contributed by atoms with van der Waals surface area (Å²) >= 11 is 0. The van der Waals surface area contributed by atoms with Crippen LogP contribution in [0.1, 0.15) is 32.1 Å². The second kappa shape index (κ2) is 9.58. The van der Waals surface area contributed by atoms with Crippen molar-refractivity contribution in [2.24, 2.45) is 21.7 Å². The van der Waals surface area contributed by atoms with Crippen LogP contribution in [0.15, 0.2) is 10.2 Å². The normalized spacial score (nSPS) is 12.6. The van der Waals surface area contributed by atoms with Crippen LogP contribution >= 0.6 is 0 Å². The largest absolute Gasteiger partial charge is 0.369 e. The van der Waals surface area contributed by atoms with Crippen LogP contribution in [0.4, 0.5) is 0 Å². The first-order chi connectivity index (χ1) is 9.02. The van der Waals surface area contributed by atoms with Gasteiger partial charge in [0, 0.05) is 9.82 Å². The molecule has 0 aliphatic carbocycles. The van der Waals surface area contributed by atoms with Crippen LogP contribution in [-0.2, 0) is 9.59 Å². The Morgan fingerprint density at radius 2 is 1.26 bits per heavy atom. The van der Waals surface area contributed by atoms with Gasteiger partial charge in [-0.05, 0) is 23.9 Å². The van der Waals surface area contributed by atoms with Gasteiger partial charge in [0.2, 0.25) is 11.8 Å². The third-order valence-corrected chi connectivity index (χ3v) is 2.49. The molecule has 0 spiro atoms. The zero-order chi connectivity index (χ0) is 14.7. The van der Waals surface area contributed by atoms with Crippen LogP contribution in [0.5, 0.6) is 0 Å². The number of primary amides is 2. The van der Waals surface area contributed by atoms with Crippen molar-refractivity contribution in [3.63, 3.8) is 0 Å². The number of hydrogen-bond acceptors (Lipinski definition) is 4. The van der Waals surface area contributed by atoms with Crippen molar-refractivity contribution >= 4 is 11.8 Å². The van der Waals surface area contributed by atoms with Gasteiger partial charge in [-0.2, -0.15) is 0 Å². The first-order valence-electron chi connectivity index (χ1n) is 5.70. The van der Waals surface area contributed by atoms with E-state index < -0.39 is 23.9 Å². The standard InChI is InChI=1S/C9H16N8O2/c10-8(18)6(14-16-12)4-2-1-3-5-7(9(11)19)15-17-13/h6-7H,1-5H2,(H2,10,18)(H2,11,19). The van der Waals surface area contributed by atoms with E-state index in [-0.39, 0.29) is 0 Å². The number of carbonyl (C=O) groups excluding carboxylic acids is 2. The van der Waals surface area contributed by atoms with Gasteiger partial charge in [-0.3, -0.25) is 9.59 Å². The molecule has 0 aromatic heterocycles. The number of nitrogens with zero attached hydrogens (tertiary/aromatic N) is 6. The Morgan fingerprint density at radius 1 is 0.895 bits per heavy atom. The van der Waals surface area contributed by atoms with Gasteiger partial charge in [-0.25, -0.2) is 0 Å². The lowest BCUT2D eigenvalue weighted by atomic mass is 10.0. The highest BCUT2D eigenvalue weighted by Crippen LogP contribution is 2.11. The number of hydrogen-bond donors (Lipinski definition) is 2. The van der Waals surface area contributed by atoms with E-state index >= 15 is 0 Å². The molecule has 0 heterocycles. The molecule has 10 nitrogen and oxygen atoms in total. The lowest BCUT2D eigenvalue weighted by Crippen LogP contribution is -2.27. The molecular weight excluding hydrogens is 252 g/mol. The molecule has 10 heteroatoms. The fraction of sp³-hybridized carbons (Fsp3) is 0.778. The fourth-order valence-electron chi connectivity index (χ4n) is 1.49. The molecule has 0 saturated carbocycles. The zero-order valence-corrected chi connectivity index (χ0v) is 10.3. The Kier molecular flexibility index (Phi) is 8.35.